The number of carbonyl (C=O) groups is 1. The fourth-order valence-electron chi connectivity index (χ4n) is 5.01. The van der Waals surface area contributed by atoms with E-state index in [0.717, 1.165) is 24.9 Å². The van der Waals surface area contributed by atoms with Crippen LogP contribution in [0.15, 0.2) is 42.5 Å². The Morgan fingerprint density at radius 2 is 1.79 bits per heavy atom. The van der Waals surface area contributed by atoms with Crippen molar-refractivity contribution in [2.24, 2.45) is 0 Å². The van der Waals surface area contributed by atoms with Crippen LogP contribution in [0.25, 0.3) is 0 Å². The van der Waals surface area contributed by atoms with Crippen LogP contribution in [-0.4, -0.2) is 35.0 Å². The second-order valence-corrected chi connectivity index (χ2v) is 8.80. The van der Waals surface area contributed by atoms with Crippen LogP contribution < -0.4 is 4.90 Å². The molecule has 3 nitrogen and oxygen atoms in total. The van der Waals surface area contributed by atoms with Crippen molar-refractivity contribution in [1.29, 1.82) is 0 Å². The highest BCUT2D eigenvalue weighted by Crippen LogP contribution is 2.47. The maximum atomic E-state index is 14.0. The summed E-state index contributed by atoms with van der Waals surface area (Å²) in [5, 5.41) is 0. The molecular weight excluding hydrogens is 358 g/mol. The molecule has 5 heteroatoms. The standard InChI is InChI=1S/C23H26F2N2O/c1-16-5-6-17(13-20(16)25)21(28)26-12-4-11-23(26)14-22(2,3)27(15-23)19-9-7-18(24)8-10-19/h5-10,13H,4,11-12,14-15H2,1-3H3. The third-order valence-electron chi connectivity index (χ3n) is 6.34. The summed E-state index contributed by atoms with van der Waals surface area (Å²) in [7, 11) is 0. The van der Waals surface area contributed by atoms with Gasteiger partial charge in [0.25, 0.3) is 5.91 Å². The van der Waals surface area contributed by atoms with Crippen molar-refractivity contribution < 1.29 is 13.6 Å². The molecule has 0 bridgehead atoms. The number of nitrogens with zero attached hydrogens (tertiary/aromatic N) is 2. The van der Waals surface area contributed by atoms with E-state index >= 15 is 0 Å². The molecule has 2 saturated heterocycles. The monoisotopic (exact) mass is 384 g/mol. The lowest BCUT2D eigenvalue weighted by atomic mass is 9.87. The number of rotatable bonds is 2. The molecule has 0 saturated carbocycles. The summed E-state index contributed by atoms with van der Waals surface area (Å²) in [6.45, 7) is 7.41. The molecule has 2 aliphatic rings. The minimum Gasteiger partial charge on any atom is -0.364 e. The maximum Gasteiger partial charge on any atom is 0.254 e. The van der Waals surface area contributed by atoms with Gasteiger partial charge in [0.1, 0.15) is 11.6 Å². The molecule has 0 aliphatic carbocycles. The van der Waals surface area contributed by atoms with E-state index in [1.165, 1.54) is 18.2 Å². The van der Waals surface area contributed by atoms with Crippen LogP contribution in [0.4, 0.5) is 14.5 Å². The highest BCUT2D eigenvalue weighted by atomic mass is 19.1. The molecule has 2 fully saturated rings. The number of carbonyl (C=O) groups excluding carboxylic acids is 1. The molecule has 0 aromatic heterocycles. The first-order chi connectivity index (χ1) is 13.2. The van der Waals surface area contributed by atoms with E-state index < -0.39 is 0 Å². The highest BCUT2D eigenvalue weighted by Gasteiger charge is 2.54. The van der Waals surface area contributed by atoms with Gasteiger partial charge in [-0.25, -0.2) is 8.78 Å². The van der Waals surface area contributed by atoms with Crippen molar-refractivity contribution >= 4 is 11.6 Å². The molecule has 1 atom stereocenters. The Labute approximate surface area is 165 Å². The highest BCUT2D eigenvalue weighted by molar-refractivity contribution is 5.95. The third kappa shape index (κ3) is 3.07. The minimum absolute atomic E-state index is 0.104. The summed E-state index contributed by atoms with van der Waals surface area (Å²) in [4.78, 5) is 17.5. The van der Waals surface area contributed by atoms with E-state index in [2.05, 4.69) is 18.7 Å². The Balaban J connectivity index is 1.65. The van der Waals surface area contributed by atoms with E-state index in [1.807, 2.05) is 4.90 Å². The lowest BCUT2D eigenvalue weighted by Gasteiger charge is -2.35. The summed E-state index contributed by atoms with van der Waals surface area (Å²) in [6, 6.07) is 11.3. The van der Waals surface area contributed by atoms with Crippen molar-refractivity contribution in [2.45, 2.75) is 51.1 Å². The van der Waals surface area contributed by atoms with Gasteiger partial charge in [0, 0.05) is 29.9 Å². The minimum atomic E-state index is -0.348. The van der Waals surface area contributed by atoms with Gasteiger partial charge in [-0.15, -0.1) is 0 Å². The molecule has 0 radical (unpaired) electrons. The molecule has 4 rings (SSSR count). The molecule has 28 heavy (non-hydrogen) atoms. The summed E-state index contributed by atoms with van der Waals surface area (Å²) in [6.07, 6.45) is 2.69. The Morgan fingerprint density at radius 3 is 2.46 bits per heavy atom. The van der Waals surface area contributed by atoms with E-state index in [4.69, 9.17) is 0 Å². The topological polar surface area (TPSA) is 23.6 Å². The number of amides is 1. The zero-order valence-corrected chi connectivity index (χ0v) is 16.6. The van der Waals surface area contributed by atoms with Gasteiger partial charge in [0.15, 0.2) is 0 Å². The van der Waals surface area contributed by atoms with Gasteiger partial charge in [0.2, 0.25) is 0 Å². The lowest BCUT2D eigenvalue weighted by Crippen LogP contribution is -2.49. The number of anilines is 1. The van der Waals surface area contributed by atoms with E-state index in [0.29, 0.717) is 24.2 Å². The van der Waals surface area contributed by atoms with Crippen molar-refractivity contribution in [3.05, 3.63) is 65.2 Å². The smallest absolute Gasteiger partial charge is 0.254 e. The van der Waals surface area contributed by atoms with Crippen molar-refractivity contribution in [3.8, 4) is 0 Å². The van der Waals surface area contributed by atoms with Gasteiger partial charge < -0.3 is 9.80 Å². The molecular formula is C23H26F2N2O. The van der Waals surface area contributed by atoms with Crippen LogP contribution >= 0.6 is 0 Å². The fourth-order valence-corrected chi connectivity index (χ4v) is 5.01. The Hall–Kier alpha value is -2.43. The van der Waals surface area contributed by atoms with E-state index in [-0.39, 0.29) is 28.6 Å². The molecule has 2 aromatic carbocycles. The quantitative estimate of drug-likeness (QED) is 0.732. The lowest BCUT2D eigenvalue weighted by molar-refractivity contribution is 0.0617. The zero-order valence-electron chi connectivity index (χ0n) is 16.6. The Kier molecular flexibility index (Phi) is 4.44. The maximum absolute atomic E-state index is 14.0. The van der Waals surface area contributed by atoms with Crippen molar-refractivity contribution in [1.82, 2.24) is 4.90 Å². The van der Waals surface area contributed by atoms with Crippen LogP contribution in [0.2, 0.25) is 0 Å². The zero-order chi connectivity index (χ0) is 20.1. The molecule has 1 unspecified atom stereocenters. The van der Waals surface area contributed by atoms with E-state index in [1.54, 1.807) is 31.2 Å². The Bertz CT molecular complexity index is 909. The SMILES string of the molecule is Cc1ccc(C(=O)N2CCCC23CN(c2ccc(F)cc2)C(C)(C)C3)cc1F. The molecule has 1 spiro atoms. The molecule has 2 aromatic rings. The van der Waals surface area contributed by atoms with Crippen molar-refractivity contribution in [3.63, 3.8) is 0 Å². The number of aryl methyl sites for hydroxylation is 1. The number of halogens is 2. The summed E-state index contributed by atoms with van der Waals surface area (Å²) in [5.41, 5.74) is 1.46. The molecule has 1 amide bonds. The summed E-state index contributed by atoms with van der Waals surface area (Å²) in [5.74, 6) is -0.707. The van der Waals surface area contributed by atoms with Gasteiger partial charge in [-0.3, -0.25) is 4.79 Å². The van der Waals surface area contributed by atoms with Gasteiger partial charge in [-0.2, -0.15) is 0 Å². The first-order valence-electron chi connectivity index (χ1n) is 9.83. The second kappa shape index (κ2) is 6.57. The van der Waals surface area contributed by atoms with Gasteiger partial charge in [-0.05, 0) is 82.0 Å². The first kappa shape index (κ1) is 18.9. The van der Waals surface area contributed by atoms with Crippen LogP contribution in [0.5, 0.6) is 0 Å². The second-order valence-electron chi connectivity index (χ2n) is 8.80. The van der Waals surface area contributed by atoms with Crippen LogP contribution in [-0.2, 0) is 0 Å². The molecule has 148 valence electrons. The Morgan fingerprint density at radius 1 is 1.07 bits per heavy atom. The summed E-state index contributed by atoms with van der Waals surface area (Å²) >= 11 is 0. The van der Waals surface area contributed by atoms with Crippen LogP contribution in [0, 0.1) is 18.6 Å². The van der Waals surface area contributed by atoms with Gasteiger partial charge >= 0.3 is 0 Å². The van der Waals surface area contributed by atoms with Crippen LogP contribution in [0.1, 0.15) is 49.0 Å². The predicted octanol–water partition coefficient (Wildman–Crippen LogP) is 4.94. The largest absolute Gasteiger partial charge is 0.364 e. The molecule has 2 heterocycles. The first-order valence-corrected chi connectivity index (χ1v) is 9.83. The number of hydrogen-bond donors (Lipinski definition) is 0. The average Bonchev–Trinajstić information content (AvgIpc) is 3.17. The molecule has 0 N–H and O–H groups in total. The average molecular weight is 384 g/mol. The fraction of sp³-hybridized carbons (Fsp3) is 0.435. The van der Waals surface area contributed by atoms with Gasteiger partial charge in [0.05, 0.1) is 5.54 Å². The van der Waals surface area contributed by atoms with Crippen molar-refractivity contribution in [2.75, 3.05) is 18.0 Å². The number of likely N-dealkylation sites (tertiary alicyclic amines) is 1. The van der Waals surface area contributed by atoms with Crippen LogP contribution in [0.3, 0.4) is 0 Å². The predicted molar refractivity (Wildman–Crippen MR) is 107 cm³/mol. The molecule has 2 aliphatic heterocycles. The van der Waals surface area contributed by atoms with Gasteiger partial charge in [-0.1, -0.05) is 6.07 Å². The summed E-state index contributed by atoms with van der Waals surface area (Å²) < 4.78 is 27.4. The number of benzene rings is 2. The third-order valence-corrected chi connectivity index (χ3v) is 6.34. The number of hydrogen-bond acceptors (Lipinski definition) is 2. The van der Waals surface area contributed by atoms with E-state index in [9.17, 15) is 13.6 Å². The normalized spacial score (nSPS) is 23.6.